The molecule has 1 atom stereocenters. The van der Waals surface area contributed by atoms with E-state index < -0.39 is 26.0 Å². The van der Waals surface area contributed by atoms with Crippen LogP contribution in [-0.4, -0.2) is 19.2 Å². The minimum absolute atomic E-state index is 0.148. The molecule has 0 spiro atoms. The number of nitro groups is 1. The molecular weight excluding hydrogens is 440 g/mol. The largest absolute Gasteiger partial charge is 0.286 e. The molecule has 1 aliphatic heterocycles. The van der Waals surface area contributed by atoms with Gasteiger partial charge in [-0.1, -0.05) is 66.7 Å². The molecule has 0 radical (unpaired) electrons. The van der Waals surface area contributed by atoms with Gasteiger partial charge in [-0.15, -0.1) is 0 Å². The van der Waals surface area contributed by atoms with Crippen molar-refractivity contribution in [2.75, 3.05) is 4.90 Å². The Morgan fingerprint density at radius 1 is 0.970 bits per heavy atom. The lowest BCUT2D eigenvalue weighted by molar-refractivity contribution is -0.384. The predicted molar refractivity (Wildman–Crippen MR) is 127 cm³/mol. The van der Waals surface area contributed by atoms with Crippen LogP contribution in [-0.2, 0) is 14.6 Å². The summed E-state index contributed by atoms with van der Waals surface area (Å²) in [7, 11) is -4.17. The van der Waals surface area contributed by atoms with E-state index in [0.717, 1.165) is 11.1 Å². The second kappa shape index (κ2) is 8.84. The molecule has 33 heavy (non-hydrogen) atoms. The molecule has 1 aliphatic rings. The number of sulfone groups is 1. The van der Waals surface area contributed by atoms with Gasteiger partial charge in [-0.2, -0.15) is 0 Å². The van der Waals surface area contributed by atoms with Crippen LogP contribution in [0.5, 0.6) is 0 Å². The smallest absolute Gasteiger partial charge is 0.271 e. The number of carbonyl (C=O) groups is 1. The summed E-state index contributed by atoms with van der Waals surface area (Å²) < 4.78 is 27.1. The van der Waals surface area contributed by atoms with Gasteiger partial charge in [-0.25, -0.2) is 8.42 Å². The van der Waals surface area contributed by atoms with E-state index in [1.807, 2.05) is 43.3 Å². The molecule has 0 bridgehead atoms. The maximum absolute atomic E-state index is 13.6. The van der Waals surface area contributed by atoms with Crippen molar-refractivity contribution >= 4 is 33.2 Å². The summed E-state index contributed by atoms with van der Waals surface area (Å²) in [4.78, 5) is 24.9. The molecule has 1 heterocycles. The van der Waals surface area contributed by atoms with Crippen molar-refractivity contribution in [3.63, 3.8) is 0 Å². The lowest BCUT2D eigenvalue weighted by atomic mass is 10.1. The van der Waals surface area contributed by atoms with E-state index in [4.69, 9.17) is 0 Å². The first kappa shape index (κ1) is 22.2. The molecule has 1 saturated heterocycles. The number of hydrogen-bond acceptors (Lipinski definition) is 5. The van der Waals surface area contributed by atoms with Crippen LogP contribution in [0.2, 0.25) is 0 Å². The standard InChI is InChI=1S/C25H20N2O5S/c1-18-8-5-13-21(16-18)26-24(28)23(15-6-11-19-9-3-2-4-10-19)33(31,32)25(26)20-12-7-14-22(17-20)27(29)30/h2-17,25H,1H3/b11-6-,23-15-. The molecule has 0 saturated carbocycles. The number of allylic oxidation sites excluding steroid dienone is 2. The summed E-state index contributed by atoms with van der Waals surface area (Å²) in [5.74, 6) is -0.685. The van der Waals surface area contributed by atoms with Gasteiger partial charge in [-0.3, -0.25) is 19.8 Å². The van der Waals surface area contributed by atoms with Gasteiger partial charge in [0.05, 0.1) is 4.92 Å². The number of non-ortho nitro benzene ring substituents is 1. The summed E-state index contributed by atoms with van der Waals surface area (Å²) in [5, 5.41) is 9.87. The van der Waals surface area contributed by atoms with E-state index in [1.54, 1.807) is 24.3 Å². The first-order valence-electron chi connectivity index (χ1n) is 10.1. The maximum atomic E-state index is 13.6. The zero-order valence-electron chi connectivity index (χ0n) is 17.7. The highest BCUT2D eigenvalue weighted by atomic mass is 32.2. The van der Waals surface area contributed by atoms with Crippen molar-refractivity contribution in [3.05, 3.63) is 123 Å². The molecule has 7 nitrogen and oxygen atoms in total. The Balaban J connectivity index is 1.86. The van der Waals surface area contributed by atoms with Crippen LogP contribution in [0, 0.1) is 17.0 Å². The molecule has 166 valence electrons. The number of anilines is 1. The van der Waals surface area contributed by atoms with E-state index in [-0.39, 0.29) is 16.2 Å². The molecule has 0 aliphatic carbocycles. The van der Waals surface area contributed by atoms with Crippen LogP contribution < -0.4 is 4.90 Å². The number of hydrogen-bond donors (Lipinski definition) is 0. The van der Waals surface area contributed by atoms with Crippen molar-refractivity contribution in [1.29, 1.82) is 0 Å². The summed E-state index contributed by atoms with van der Waals surface area (Å²) in [6, 6.07) is 21.6. The lowest BCUT2D eigenvalue weighted by Crippen LogP contribution is -2.29. The second-order valence-corrected chi connectivity index (χ2v) is 9.54. The minimum atomic E-state index is -4.17. The fraction of sp³-hybridized carbons (Fsp3) is 0.0800. The quantitative estimate of drug-likeness (QED) is 0.304. The van der Waals surface area contributed by atoms with E-state index in [1.165, 1.54) is 41.3 Å². The van der Waals surface area contributed by atoms with Gasteiger partial charge >= 0.3 is 0 Å². The highest BCUT2D eigenvalue weighted by Gasteiger charge is 2.50. The van der Waals surface area contributed by atoms with Gasteiger partial charge in [0.15, 0.2) is 5.37 Å². The van der Waals surface area contributed by atoms with Crippen molar-refractivity contribution < 1.29 is 18.1 Å². The number of amides is 1. The summed E-state index contributed by atoms with van der Waals surface area (Å²) >= 11 is 0. The zero-order chi connectivity index (χ0) is 23.6. The Bertz CT molecular complexity index is 1400. The second-order valence-electron chi connectivity index (χ2n) is 7.56. The van der Waals surface area contributed by atoms with Crippen LogP contribution in [0.15, 0.2) is 95.9 Å². The Kier molecular flexibility index (Phi) is 5.93. The van der Waals surface area contributed by atoms with E-state index >= 15 is 0 Å². The van der Waals surface area contributed by atoms with E-state index in [0.29, 0.717) is 5.69 Å². The van der Waals surface area contributed by atoms with Gasteiger partial charge in [0.2, 0.25) is 9.84 Å². The van der Waals surface area contributed by atoms with Gasteiger partial charge in [0, 0.05) is 17.8 Å². The summed E-state index contributed by atoms with van der Waals surface area (Å²) in [6.45, 7) is 1.83. The molecule has 0 aromatic heterocycles. The van der Waals surface area contributed by atoms with Crippen molar-refractivity contribution in [2.24, 2.45) is 0 Å². The fourth-order valence-electron chi connectivity index (χ4n) is 3.73. The Labute approximate surface area is 191 Å². The van der Waals surface area contributed by atoms with E-state index in [9.17, 15) is 23.3 Å². The van der Waals surface area contributed by atoms with Crippen molar-refractivity contribution in [2.45, 2.75) is 12.3 Å². The molecule has 8 heteroatoms. The van der Waals surface area contributed by atoms with E-state index in [2.05, 4.69) is 0 Å². The Morgan fingerprint density at radius 2 is 1.70 bits per heavy atom. The van der Waals surface area contributed by atoms with Crippen molar-refractivity contribution in [3.8, 4) is 0 Å². The molecule has 1 unspecified atom stereocenters. The number of rotatable bonds is 5. The van der Waals surface area contributed by atoms with Gasteiger partial charge in [-0.05, 0) is 41.8 Å². The number of nitrogens with zero attached hydrogens (tertiary/aromatic N) is 2. The lowest BCUT2D eigenvalue weighted by Gasteiger charge is -2.23. The van der Waals surface area contributed by atoms with Gasteiger partial charge < -0.3 is 0 Å². The normalized spacial score (nSPS) is 18.8. The summed E-state index contributed by atoms with van der Waals surface area (Å²) in [6.07, 6.45) is 4.50. The van der Waals surface area contributed by atoms with Crippen LogP contribution >= 0.6 is 0 Å². The van der Waals surface area contributed by atoms with Crippen LogP contribution in [0.25, 0.3) is 6.08 Å². The highest BCUT2D eigenvalue weighted by molar-refractivity contribution is 7.97. The van der Waals surface area contributed by atoms with Crippen LogP contribution in [0.1, 0.15) is 22.1 Å². The first-order valence-corrected chi connectivity index (χ1v) is 11.7. The van der Waals surface area contributed by atoms with Gasteiger partial charge in [0.1, 0.15) is 4.91 Å². The number of benzene rings is 3. The average molecular weight is 461 g/mol. The number of nitro benzene ring substituents is 1. The number of carbonyl (C=O) groups excluding carboxylic acids is 1. The molecule has 0 N–H and O–H groups in total. The number of aryl methyl sites for hydroxylation is 1. The molecular formula is C25H20N2O5S. The SMILES string of the molecule is Cc1cccc(N2C(=O)/C(=C/C=C\c3ccccc3)S(=O)(=O)C2c2cccc([N+](=O)[O-])c2)c1. The topological polar surface area (TPSA) is 97.6 Å². The maximum Gasteiger partial charge on any atom is 0.271 e. The first-order chi connectivity index (χ1) is 15.8. The predicted octanol–water partition coefficient (Wildman–Crippen LogP) is 4.96. The molecule has 1 amide bonds. The van der Waals surface area contributed by atoms with Crippen molar-refractivity contribution in [1.82, 2.24) is 0 Å². The molecule has 4 rings (SSSR count). The third-order valence-electron chi connectivity index (χ3n) is 5.25. The highest BCUT2D eigenvalue weighted by Crippen LogP contribution is 2.43. The average Bonchev–Trinajstić information content (AvgIpc) is 3.00. The van der Waals surface area contributed by atoms with Crippen LogP contribution in [0.4, 0.5) is 11.4 Å². The van der Waals surface area contributed by atoms with Gasteiger partial charge in [0.25, 0.3) is 11.6 Å². The fourth-order valence-corrected chi connectivity index (χ4v) is 5.58. The molecule has 3 aromatic carbocycles. The van der Waals surface area contributed by atoms with Crippen LogP contribution in [0.3, 0.4) is 0 Å². The Morgan fingerprint density at radius 3 is 2.39 bits per heavy atom. The monoisotopic (exact) mass is 460 g/mol. The zero-order valence-corrected chi connectivity index (χ0v) is 18.5. The molecule has 3 aromatic rings. The third kappa shape index (κ3) is 4.33. The minimum Gasteiger partial charge on any atom is -0.286 e. The Hall–Kier alpha value is -4.04. The third-order valence-corrected chi connectivity index (χ3v) is 7.24. The molecule has 1 fully saturated rings. The summed E-state index contributed by atoms with van der Waals surface area (Å²) in [5.41, 5.74) is 1.99.